The average Bonchev–Trinajstić information content (AvgIpc) is 3.14. The fraction of sp³-hybridized carbons (Fsp3) is 0.160. The number of carbonyl (C=O) groups excluding carboxylic acids is 1. The van der Waals surface area contributed by atoms with Crippen molar-refractivity contribution in [3.05, 3.63) is 91.8 Å². The Kier molecular flexibility index (Phi) is 7.53. The van der Waals surface area contributed by atoms with Gasteiger partial charge in [-0.15, -0.1) is 0 Å². The molecule has 0 aromatic heterocycles. The lowest BCUT2D eigenvalue weighted by Gasteiger charge is -2.15. The van der Waals surface area contributed by atoms with Gasteiger partial charge >= 0.3 is 0 Å². The normalized spacial score (nSPS) is 16.5. The molecule has 0 bridgehead atoms. The fourth-order valence-electron chi connectivity index (χ4n) is 3.24. The number of hydrogen-bond acceptors (Lipinski definition) is 5. The first-order chi connectivity index (χ1) is 15.9. The average molecular weight is 546 g/mol. The molecule has 0 aliphatic carbocycles. The molecule has 2 N–H and O–H groups in total. The van der Waals surface area contributed by atoms with Gasteiger partial charge in [-0.3, -0.25) is 4.79 Å². The van der Waals surface area contributed by atoms with Crippen LogP contribution in [0.1, 0.15) is 16.7 Å². The number of aryl methyl sites for hydroxylation is 1. The summed E-state index contributed by atoms with van der Waals surface area (Å²) in [5, 5.41) is 6.91. The van der Waals surface area contributed by atoms with E-state index in [0.29, 0.717) is 28.0 Å². The first-order valence-corrected chi connectivity index (χ1v) is 12.2. The minimum absolute atomic E-state index is 0.133. The van der Waals surface area contributed by atoms with E-state index in [9.17, 15) is 4.79 Å². The number of methoxy groups -OCH3 is 1. The maximum Gasteiger partial charge on any atom is 0.260 e. The van der Waals surface area contributed by atoms with Crippen LogP contribution in [0.2, 0.25) is 5.02 Å². The topological polar surface area (TPSA) is 59.6 Å². The molecule has 4 rings (SSSR count). The minimum atomic E-state index is -0.281. The lowest BCUT2D eigenvalue weighted by molar-refractivity contribution is -0.116. The Morgan fingerprint density at radius 2 is 1.91 bits per heavy atom. The van der Waals surface area contributed by atoms with E-state index >= 15 is 0 Å². The van der Waals surface area contributed by atoms with Crippen LogP contribution in [0.4, 0.5) is 5.69 Å². The van der Waals surface area contributed by atoms with E-state index < -0.39 is 0 Å². The van der Waals surface area contributed by atoms with Crippen molar-refractivity contribution in [2.45, 2.75) is 19.0 Å². The van der Waals surface area contributed by atoms with Crippen LogP contribution in [0.15, 0.2) is 70.0 Å². The largest absolute Gasteiger partial charge is 0.493 e. The first-order valence-electron chi connectivity index (χ1n) is 10.2. The monoisotopic (exact) mass is 544 g/mol. The number of benzene rings is 3. The zero-order valence-electron chi connectivity index (χ0n) is 18.0. The zero-order valence-corrected chi connectivity index (χ0v) is 21.2. The number of anilines is 1. The third-order valence-electron chi connectivity index (χ3n) is 5.01. The molecule has 1 unspecified atom stereocenters. The molecule has 1 aliphatic rings. The van der Waals surface area contributed by atoms with E-state index in [1.54, 1.807) is 7.11 Å². The molecule has 0 saturated carbocycles. The Bertz CT molecular complexity index is 1200. The van der Waals surface area contributed by atoms with Gasteiger partial charge in [0.2, 0.25) is 0 Å². The van der Waals surface area contributed by atoms with Crippen LogP contribution >= 0.6 is 39.3 Å². The molecule has 1 heterocycles. The van der Waals surface area contributed by atoms with Gasteiger partial charge in [0, 0.05) is 15.2 Å². The molecule has 1 saturated heterocycles. The third kappa shape index (κ3) is 6.05. The number of carbonyl (C=O) groups is 1. The highest BCUT2D eigenvalue weighted by molar-refractivity contribution is 9.10. The van der Waals surface area contributed by atoms with E-state index in [1.807, 2.05) is 73.7 Å². The molecular weight excluding hydrogens is 524 g/mol. The summed E-state index contributed by atoms with van der Waals surface area (Å²) in [6.45, 7) is 2.42. The second kappa shape index (κ2) is 10.5. The molecule has 1 amide bonds. The van der Waals surface area contributed by atoms with Gasteiger partial charge in [0.1, 0.15) is 6.61 Å². The van der Waals surface area contributed by atoms with Gasteiger partial charge in [-0.05, 0) is 66.1 Å². The summed E-state index contributed by atoms with van der Waals surface area (Å²) in [5.41, 5.74) is 3.56. The number of amides is 1. The van der Waals surface area contributed by atoms with E-state index in [0.717, 1.165) is 26.9 Å². The highest BCUT2D eigenvalue weighted by Gasteiger charge is 2.27. The summed E-state index contributed by atoms with van der Waals surface area (Å²) in [6.07, 6.45) is 1.84. The zero-order chi connectivity index (χ0) is 23.4. The van der Waals surface area contributed by atoms with E-state index in [2.05, 4.69) is 26.6 Å². The summed E-state index contributed by atoms with van der Waals surface area (Å²) in [5.74, 6) is 1.11. The SMILES string of the molecule is COc1cc(/C=C2\SC(Nc3cc(Cl)ccc3C)NC2=O)ccc1OCc1ccc(Br)cc1. The number of thioether (sulfide) groups is 1. The summed E-state index contributed by atoms with van der Waals surface area (Å²) < 4.78 is 12.5. The van der Waals surface area contributed by atoms with Gasteiger partial charge in [-0.1, -0.05) is 63.6 Å². The maximum absolute atomic E-state index is 12.5. The Morgan fingerprint density at radius 1 is 1.12 bits per heavy atom. The number of halogens is 2. The third-order valence-corrected chi connectivity index (χ3v) is 6.80. The van der Waals surface area contributed by atoms with Crippen LogP contribution in [0, 0.1) is 6.92 Å². The van der Waals surface area contributed by atoms with E-state index in [-0.39, 0.29) is 11.4 Å². The predicted molar refractivity (Wildman–Crippen MR) is 139 cm³/mol. The summed E-state index contributed by atoms with van der Waals surface area (Å²) in [6, 6.07) is 19.2. The number of nitrogens with one attached hydrogen (secondary N) is 2. The van der Waals surface area contributed by atoms with Gasteiger partial charge in [-0.25, -0.2) is 0 Å². The summed E-state index contributed by atoms with van der Waals surface area (Å²) in [7, 11) is 1.60. The quantitative estimate of drug-likeness (QED) is 0.328. The minimum Gasteiger partial charge on any atom is -0.493 e. The Morgan fingerprint density at radius 3 is 2.67 bits per heavy atom. The van der Waals surface area contributed by atoms with Crippen molar-refractivity contribution in [1.29, 1.82) is 0 Å². The molecule has 3 aromatic rings. The molecule has 5 nitrogen and oxygen atoms in total. The van der Waals surface area contributed by atoms with Gasteiger partial charge < -0.3 is 20.1 Å². The number of ether oxygens (including phenoxy) is 2. The molecule has 3 aromatic carbocycles. The smallest absolute Gasteiger partial charge is 0.260 e. The van der Waals surface area contributed by atoms with Gasteiger partial charge in [0.05, 0.1) is 12.0 Å². The molecule has 0 radical (unpaired) electrons. The second-order valence-corrected chi connectivity index (χ2v) is 9.91. The highest BCUT2D eigenvalue weighted by atomic mass is 79.9. The molecule has 1 atom stereocenters. The van der Waals surface area contributed by atoms with Crippen LogP contribution in [0.25, 0.3) is 6.08 Å². The maximum atomic E-state index is 12.5. The van der Waals surface area contributed by atoms with E-state index in [1.165, 1.54) is 11.8 Å². The Labute approximate surface area is 210 Å². The van der Waals surface area contributed by atoms with E-state index in [4.69, 9.17) is 21.1 Å². The second-order valence-electron chi connectivity index (χ2n) is 7.41. The molecule has 0 spiro atoms. The molecule has 1 fully saturated rings. The standard InChI is InChI=1S/C25H22BrClN2O3S/c1-15-3-9-19(27)13-20(15)28-25-29-24(30)23(33-25)12-17-6-10-21(22(11-17)31-2)32-14-16-4-7-18(26)8-5-16/h3-13,25,28H,14H2,1-2H3,(H,29,30)/b23-12-. The summed E-state index contributed by atoms with van der Waals surface area (Å²) >= 11 is 11.0. The predicted octanol–water partition coefficient (Wildman–Crippen LogP) is 6.60. The summed E-state index contributed by atoms with van der Waals surface area (Å²) in [4.78, 5) is 13.1. The lowest BCUT2D eigenvalue weighted by Crippen LogP contribution is -2.31. The highest BCUT2D eigenvalue weighted by Crippen LogP contribution is 2.34. The van der Waals surface area contributed by atoms with Crippen molar-refractivity contribution < 1.29 is 14.3 Å². The van der Waals surface area contributed by atoms with Gasteiger partial charge in [0.25, 0.3) is 5.91 Å². The van der Waals surface area contributed by atoms with Crippen LogP contribution in [0.3, 0.4) is 0 Å². The number of rotatable bonds is 7. The lowest BCUT2D eigenvalue weighted by atomic mass is 10.2. The van der Waals surface area contributed by atoms with Crippen LogP contribution < -0.4 is 20.1 Å². The van der Waals surface area contributed by atoms with Crippen LogP contribution in [-0.4, -0.2) is 18.5 Å². The van der Waals surface area contributed by atoms with Crippen LogP contribution in [0.5, 0.6) is 11.5 Å². The molecular formula is C25H22BrClN2O3S. The molecule has 8 heteroatoms. The number of hydrogen-bond donors (Lipinski definition) is 2. The van der Waals surface area contributed by atoms with Crippen molar-refractivity contribution in [3.63, 3.8) is 0 Å². The van der Waals surface area contributed by atoms with Crippen LogP contribution in [-0.2, 0) is 11.4 Å². The van der Waals surface area contributed by atoms with Gasteiger partial charge in [0.15, 0.2) is 17.0 Å². The van der Waals surface area contributed by atoms with Gasteiger partial charge in [-0.2, -0.15) is 0 Å². The van der Waals surface area contributed by atoms with Crippen molar-refractivity contribution in [1.82, 2.24) is 5.32 Å². The Hall–Kier alpha value is -2.61. The van der Waals surface area contributed by atoms with Crippen molar-refractivity contribution in [3.8, 4) is 11.5 Å². The Balaban J connectivity index is 1.45. The first kappa shape index (κ1) is 23.5. The van der Waals surface area contributed by atoms with Crippen molar-refractivity contribution in [2.24, 2.45) is 0 Å². The van der Waals surface area contributed by atoms with Crippen molar-refractivity contribution >= 4 is 57.0 Å². The fourth-order valence-corrected chi connectivity index (χ4v) is 4.65. The molecule has 33 heavy (non-hydrogen) atoms. The van der Waals surface area contributed by atoms with Crippen molar-refractivity contribution in [2.75, 3.05) is 12.4 Å². The molecule has 1 aliphatic heterocycles. The molecule has 170 valence electrons.